The van der Waals surface area contributed by atoms with Crippen molar-refractivity contribution in [3.63, 3.8) is 0 Å². The summed E-state index contributed by atoms with van der Waals surface area (Å²) in [7, 11) is 1.73. The Morgan fingerprint density at radius 3 is 2.36 bits per heavy atom. The number of carbonyl (C=O) groups is 1. The molecule has 0 bridgehead atoms. The van der Waals surface area contributed by atoms with Crippen molar-refractivity contribution in [1.82, 2.24) is 16.0 Å². The lowest BCUT2D eigenvalue weighted by molar-refractivity contribution is -0.121. The van der Waals surface area contributed by atoms with E-state index in [0.29, 0.717) is 11.4 Å². The molecule has 0 spiro atoms. The minimum absolute atomic E-state index is 0. The lowest BCUT2D eigenvalue weighted by Gasteiger charge is -2.30. The van der Waals surface area contributed by atoms with Gasteiger partial charge < -0.3 is 20.7 Å². The highest BCUT2D eigenvalue weighted by Gasteiger charge is 2.33. The summed E-state index contributed by atoms with van der Waals surface area (Å²) in [6, 6.07) is 0. The van der Waals surface area contributed by atoms with E-state index in [1.54, 1.807) is 7.05 Å². The number of hydrogen-bond donors (Lipinski definition) is 3. The molecule has 0 aromatic heterocycles. The van der Waals surface area contributed by atoms with E-state index < -0.39 is 0 Å². The minimum atomic E-state index is -0.219. The van der Waals surface area contributed by atoms with E-state index in [1.807, 2.05) is 27.7 Å². The minimum Gasteiger partial charge on any atom is -0.382 e. The Hall–Kier alpha value is -0.570. The third kappa shape index (κ3) is 10.2. The number of rotatable bonds is 8. The first-order chi connectivity index (χ1) is 11.3. The van der Waals surface area contributed by atoms with Gasteiger partial charge in [0.2, 0.25) is 5.91 Å². The molecule has 3 N–H and O–H groups in total. The Labute approximate surface area is 170 Å². The molecule has 1 fully saturated rings. The van der Waals surface area contributed by atoms with Gasteiger partial charge in [0.15, 0.2) is 5.96 Å². The van der Waals surface area contributed by atoms with Gasteiger partial charge in [-0.25, -0.2) is 0 Å². The molecule has 1 saturated carbocycles. The smallest absolute Gasteiger partial charge is 0.239 e. The molecule has 1 amide bonds. The van der Waals surface area contributed by atoms with E-state index >= 15 is 0 Å². The van der Waals surface area contributed by atoms with Crippen LogP contribution >= 0.6 is 24.0 Å². The van der Waals surface area contributed by atoms with Crippen LogP contribution in [0, 0.1) is 5.41 Å². The van der Waals surface area contributed by atoms with Gasteiger partial charge in [0.25, 0.3) is 0 Å². The summed E-state index contributed by atoms with van der Waals surface area (Å²) in [5.74, 6) is 0.652. The Bertz CT molecular complexity index is 416. The second-order valence-electron chi connectivity index (χ2n) is 7.73. The van der Waals surface area contributed by atoms with Crippen molar-refractivity contribution < 1.29 is 9.53 Å². The maximum atomic E-state index is 11.9. The van der Waals surface area contributed by atoms with Gasteiger partial charge in [-0.2, -0.15) is 0 Å². The van der Waals surface area contributed by atoms with Crippen LogP contribution < -0.4 is 16.0 Å². The molecule has 7 heteroatoms. The number of nitrogens with one attached hydrogen (secondary N) is 3. The average molecular weight is 468 g/mol. The molecule has 0 unspecified atom stereocenters. The molecular formula is C18H37IN4O2. The van der Waals surface area contributed by atoms with Crippen LogP contribution in [0.1, 0.15) is 59.8 Å². The summed E-state index contributed by atoms with van der Waals surface area (Å²) >= 11 is 0. The van der Waals surface area contributed by atoms with Crippen LogP contribution in [0.5, 0.6) is 0 Å². The highest BCUT2D eigenvalue weighted by Crippen LogP contribution is 2.40. The monoisotopic (exact) mass is 468 g/mol. The fourth-order valence-electron chi connectivity index (χ4n) is 3.19. The van der Waals surface area contributed by atoms with E-state index in [9.17, 15) is 4.79 Å². The second kappa shape index (κ2) is 11.9. The Morgan fingerprint density at radius 2 is 1.84 bits per heavy atom. The molecule has 148 valence electrons. The van der Waals surface area contributed by atoms with Crippen LogP contribution in [0.25, 0.3) is 0 Å². The predicted octanol–water partition coefficient (Wildman–Crippen LogP) is 2.67. The number of aliphatic imine (C=N–C) groups is 1. The molecular weight excluding hydrogens is 431 g/mol. The molecule has 0 radical (unpaired) electrons. The van der Waals surface area contributed by atoms with Gasteiger partial charge in [-0.05, 0) is 52.4 Å². The van der Waals surface area contributed by atoms with Crippen molar-refractivity contribution in [2.45, 2.75) is 65.3 Å². The zero-order chi connectivity index (χ0) is 18.1. The van der Waals surface area contributed by atoms with Crippen molar-refractivity contribution >= 4 is 35.8 Å². The lowest BCUT2D eigenvalue weighted by atomic mass is 9.83. The molecule has 0 atom stereocenters. The molecule has 25 heavy (non-hydrogen) atoms. The molecule has 0 aromatic carbocycles. The van der Waals surface area contributed by atoms with E-state index in [1.165, 1.54) is 25.7 Å². The van der Waals surface area contributed by atoms with Gasteiger partial charge in [0, 0.05) is 32.3 Å². The van der Waals surface area contributed by atoms with Crippen molar-refractivity contribution in [2.24, 2.45) is 10.4 Å². The van der Waals surface area contributed by atoms with Gasteiger partial charge >= 0.3 is 0 Å². The highest BCUT2D eigenvalue weighted by molar-refractivity contribution is 14.0. The van der Waals surface area contributed by atoms with Crippen molar-refractivity contribution in [3.05, 3.63) is 0 Å². The molecule has 1 aliphatic carbocycles. The summed E-state index contributed by atoms with van der Waals surface area (Å²) in [6.45, 7) is 10.6. The number of carbonyl (C=O) groups excluding carboxylic acids is 1. The van der Waals surface area contributed by atoms with Gasteiger partial charge in [-0.3, -0.25) is 9.79 Å². The van der Waals surface area contributed by atoms with Crippen LogP contribution in [0.4, 0.5) is 0 Å². The maximum Gasteiger partial charge on any atom is 0.239 e. The largest absolute Gasteiger partial charge is 0.382 e. The Morgan fingerprint density at radius 1 is 1.20 bits per heavy atom. The molecule has 0 heterocycles. The number of guanidine groups is 1. The quantitative estimate of drug-likeness (QED) is 0.222. The fourth-order valence-corrected chi connectivity index (χ4v) is 3.19. The molecule has 1 aliphatic rings. The van der Waals surface area contributed by atoms with Crippen molar-refractivity contribution in [1.29, 1.82) is 0 Å². The zero-order valence-electron chi connectivity index (χ0n) is 16.5. The molecule has 0 saturated heterocycles. The summed E-state index contributed by atoms with van der Waals surface area (Å²) in [4.78, 5) is 16.1. The maximum absolute atomic E-state index is 11.9. The SMILES string of the molecule is CCOCCC1(CNC(=NC)NCC(=O)NC(C)(C)C)CCCC1.I. The molecule has 0 aliphatic heterocycles. The van der Waals surface area contributed by atoms with Crippen molar-refractivity contribution in [3.8, 4) is 0 Å². The average Bonchev–Trinajstić information content (AvgIpc) is 2.95. The van der Waals surface area contributed by atoms with Gasteiger partial charge in [-0.15, -0.1) is 24.0 Å². The van der Waals surface area contributed by atoms with E-state index in [0.717, 1.165) is 26.2 Å². The van der Waals surface area contributed by atoms with Gasteiger partial charge in [0.05, 0.1) is 6.54 Å². The number of amides is 1. The predicted molar refractivity (Wildman–Crippen MR) is 115 cm³/mol. The third-order valence-electron chi connectivity index (χ3n) is 4.43. The number of nitrogens with zero attached hydrogens (tertiary/aromatic N) is 1. The topological polar surface area (TPSA) is 74.8 Å². The lowest BCUT2D eigenvalue weighted by Crippen LogP contribution is -2.49. The highest BCUT2D eigenvalue weighted by atomic mass is 127. The number of hydrogen-bond acceptors (Lipinski definition) is 3. The summed E-state index contributed by atoms with van der Waals surface area (Å²) in [6.07, 6.45) is 6.11. The number of ether oxygens (including phenoxy) is 1. The number of halogens is 1. The third-order valence-corrected chi connectivity index (χ3v) is 4.43. The summed E-state index contributed by atoms with van der Waals surface area (Å²) in [5, 5.41) is 9.43. The zero-order valence-corrected chi connectivity index (χ0v) is 18.9. The Kier molecular flexibility index (Phi) is 11.7. The summed E-state index contributed by atoms with van der Waals surface area (Å²) < 4.78 is 5.55. The first-order valence-electron chi connectivity index (χ1n) is 9.13. The van der Waals surface area contributed by atoms with Crippen LogP contribution in [0.15, 0.2) is 4.99 Å². The first-order valence-corrected chi connectivity index (χ1v) is 9.13. The molecule has 0 aromatic rings. The molecule has 1 rings (SSSR count). The Balaban J connectivity index is 0.00000576. The standard InChI is InChI=1S/C18H36N4O2.HI/c1-6-24-12-11-18(9-7-8-10-18)14-21-16(19-5)20-13-15(23)22-17(2,3)4;/h6-14H2,1-5H3,(H,22,23)(H2,19,20,21);1H. The fraction of sp³-hybridized carbons (Fsp3) is 0.889. The van der Waals surface area contributed by atoms with Gasteiger partial charge in [0.1, 0.15) is 0 Å². The van der Waals surface area contributed by atoms with Crippen LogP contribution in [-0.4, -0.2) is 50.8 Å². The normalized spacial score (nSPS) is 16.9. The van der Waals surface area contributed by atoms with Crippen molar-refractivity contribution in [2.75, 3.05) is 33.4 Å². The first kappa shape index (κ1) is 24.4. The summed E-state index contributed by atoms with van der Waals surface area (Å²) in [5.41, 5.74) is 0.0728. The second-order valence-corrected chi connectivity index (χ2v) is 7.73. The van der Waals surface area contributed by atoms with Crippen LogP contribution in [0.3, 0.4) is 0 Å². The van der Waals surface area contributed by atoms with Crippen LogP contribution in [-0.2, 0) is 9.53 Å². The van der Waals surface area contributed by atoms with Gasteiger partial charge in [-0.1, -0.05) is 12.8 Å². The molecule has 6 nitrogen and oxygen atoms in total. The van der Waals surface area contributed by atoms with E-state index in [-0.39, 0.29) is 42.0 Å². The van der Waals surface area contributed by atoms with E-state index in [2.05, 4.69) is 20.9 Å². The van der Waals surface area contributed by atoms with E-state index in [4.69, 9.17) is 4.74 Å². The van der Waals surface area contributed by atoms with Crippen LogP contribution in [0.2, 0.25) is 0 Å².